The molecule has 1 aliphatic rings. The molecule has 0 saturated carbocycles. The molecule has 2 N–H and O–H groups in total. The fourth-order valence-corrected chi connectivity index (χ4v) is 3.00. The van der Waals surface area contributed by atoms with E-state index in [-0.39, 0.29) is 23.8 Å². The first kappa shape index (κ1) is 16.0. The van der Waals surface area contributed by atoms with Crippen LogP contribution in [0.4, 0.5) is 0 Å². The van der Waals surface area contributed by atoms with Gasteiger partial charge < -0.3 is 10.6 Å². The average Bonchev–Trinajstić information content (AvgIpc) is 3.08. The lowest BCUT2D eigenvalue weighted by Crippen LogP contribution is -2.34. The van der Waals surface area contributed by atoms with E-state index in [2.05, 4.69) is 35.4 Å². The van der Waals surface area contributed by atoms with Gasteiger partial charge in [0.15, 0.2) is 0 Å². The largest absolute Gasteiger partial charge is 0.351 e. The molecule has 2 amide bonds. The van der Waals surface area contributed by atoms with Crippen molar-refractivity contribution in [1.82, 2.24) is 10.6 Å². The second-order valence-electron chi connectivity index (χ2n) is 5.90. The van der Waals surface area contributed by atoms with E-state index in [1.54, 1.807) is 0 Å². The molecule has 0 aliphatic heterocycles. The lowest BCUT2D eigenvalue weighted by atomic mass is 10.0. The number of fused-ring (bicyclic) bond motifs is 1. The van der Waals surface area contributed by atoms with E-state index in [0.717, 1.165) is 16.3 Å². The van der Waals surface area contributed by atoms with Crippen LogP contribution in [0.3, 0.4) is 0 Å². The fraction of sp³-hybridized carbons (Fsp3) is 0.200. The zero-order valence-electron chi connectivity index (χ0n) is 13.4. The van der Waals surface area contributed by atoms with Crippen molar-refractivity contribution in [2.24, 2.45) is 5.92 Å². The Bertz CT molecular complexity index is 805. The highest BCUT2D eigenvalue weighted by atomic mass is 16.2. The van der Waals surface area contributed by atoms with E-state index < -0.39 is 0 Å². The summed E-state index contributed by atoms with van der Waals surface area (Å²) in [5.41, 5.74) is 1.10. The lowest BCUT2D eigenvalue weighted by Gasteiger charge is -2.14. The van der Waals surface area contributed by atoms with Gasteiger partial charge in [-0.25, -0.2) is 0 Å². The second-order valence-corrected chi connectivity index (χ2v) is 5.90. The van der Waals surface area contributed by atoms with Gasteiger partial charge in [0.05, 0.1) is 5.92 Å². The Morgan fingerprint density at radius 1 is 1.12 bits per heavy atom. The minimum absolute atomic E-state index is 0.0189. The topological polar surface area (TPSA) is 58.2 Å². The van der Waals surface area contributed by atoms with E-state index in [4.69, 9.17) is 0 Å². The summed E-state index contributed by atoms with van der Waals surface area (Å²) in [5, 5.41) is 8.10. The lowest BCUT2D eigenvalue weighted by molar-refractivity contribution is -0.124. The Hall–Kier alpha value is -2.88. The van der Waals surface area contributed by atoms with Crippen molar-refractivity contribution in [3.8, 4) is 0 Å². The Kier molecular flexibility index (Phi) is 4.75. The Balaban J connectivity index is 1.59. The number of hydrogen-bond donors (Lipinski definition) is 2. The third kappa shape index (κ3) is 3.54. The first-order valence-electron chi connectivity index (χ1n) is 8.03. The first-order valence-corrected chi connectivity index (χ1v) is 8.03. The van der Waals surface area contributed by atoms with Crippen molar-refractivity contribution in [1.29, 1.82) is 0 Å². The Morgan fingerprint density at radius 2 is 1.92 bits per heavy atom. The molecule has 2 aromatic carbocycles. The number of nitrogens with one attached hydrogen (secondary N) is 2. The fourth-order valence-electron chi connectivity index (χ4n) is 3.00. The van der Waals surface area contributed by atoms with Crippen LogP contribution in [-0.4, -0.2) is 17.9 Å². The summed E-state index contributed by atoms with van der Waals surface area (Å²) in [6, 6.07) is 14.1. The summed E-state index contributed by atoms with van der Waals surface area (Å²) in [4.78, 5) is 23.7. The van der Waals surface area contributed by atoms with Crippen LogP contribution in [-0.2, 0) is 16.1 Å². The number of carbonyl (C=O) groups excluding carboxylic acids is 2. The molecule has 122 valence electrons. The summed E-state index contributed by atoms with van der Waals surface area (Å²) in [7, 11) is 0. The predicted octanol–water partition coefficient (Wildman–Crippen LogP) is 2.70. The molecule has 0 bridgehead atoms. The molecule has 3 rings (SSSR count). The van der Waals surface area contributed by atoms with Crippen LogP contribution in [0.5, 0.6) is 0 Å². The van der Waals surface area contributed by atoms with Crippen LogP contribution in [0, 0.1) is 5.92 Å². The molecule has 24 heavy (non-hydrogen) atoms. The number of carbonyl (C=O) groups is 2. The molecule has 0 heterocycles. The second kappa shape index (κ2) is 7.13. The van der Waals surface area contributed by atoms with Crippen molar-refractivity contribution in [2.75, 3.05) is 0 Å². The van der Waals surface area contributed by atoms with Crippen molar-refractivity contribution in [3.63, 3.8) is 0 Å². The van der Waals surface area contributed by atoms with Crippen molar-refractivity contribution in [3.05, 3.63) is 72.8 Å². The van der Waals surface area contributed by atoms with Crippen LogP contribution in [0.1, 0.15) is 12.0 Å². The van der Waals surface area contributed by atoms with Gasteiger partial charge in [0, 0.05) is 12.6 Å². The van der Waals surface area contributed by atoms with Gasteiger partial charge in [-0.05, 0) is 28.8 Å². The molecular formula is C20H20N2O2. The molecule has 4 heteroatoms. The van der Waals surface area contributed by atoms with Gasteiger partial charge in [0.25, 0.3) is 0 Å². The van der Waals surface area contributed by atoms with Gasteiger partial charge in [-0.2, -0.15) is 0 Å². The van der Waals surface area contributed by atoms with Crippen molar-refractivity contribution in [2.45, 2.75) is 19.0 Å². The maximum absolute atomic E-state index is 12.4. The van der Waals surface area contributed by atoms with Crippen molar-refractivity contribution >= 4 is 22.6 Å². The summed E-state index contributed by atoms with van der Waals surface area (Å²) in [6.45, 7) is 3.92. The molecule has 0 spiro atoms. The Morgan fingerprint density at radius 3 is 2.75 bits per heavy atom. The molecule has 0 saturated heterocycles. The Labute approximate surface area is 141 Å². The molecule has 4 nitrogen and oxygen atoms in total. The van der Waals surface area contributed by atoms with Crippen molar-refractivity contribution < 1.29 is 9.59 Å². The normalized spacial score (nSPS) is 19.2. The van der Waals surface area contributed by atoms with Gasteiger partial charge in [0.1, 0.15) is 0 Å². The van der Waals surface area contributed by atoms with Crippen LogP contribution in [0.15, 0.2) is 67.3 Å². The molecule has 0 aromatic heterocycles. The number of hydrogen-bond acceptors (Lipinski definition) is 2. The molecule has 2 atom stereocenters. The maximum Gasteiger partial charge on any atom is 0.243 e. The zero-order chi connectivity index (χ0) is 16.9. The highest BCUT2D eigenvalue weighted by Gasteiger charge is 2.25. The van der Waals surface area contributed by atoms with Crippen LogP contribution >= 0.6 is 0 Å². The quantitative estimate of drug-likeness (QED) is 0.657. The van der Waals surface area contributed by atoms with E-state index in [1.165, 1.54) is 6.08 Å². The van der Waals surface area contributed by atoms with E-state index in [9.17, 15) is 9.59 Å². The third-order valence-electron chi connectivity index (χ3n) is 4.27. The van der Waals surface area contributed by atoms with E-state index in [1.807, 2.05) is 36.4 Å². The summed E-state index contributed by atoms with van der Waals surface area (Å²) in [5.74, 6) is -0.453. The highest BCUT2D eigenvalue weighted by Crippen LogP contribution is 2.20. The van der Waals surface area contributed by atoms with E-state index in [0.29, 0.717) is 13.0 Å². The molecular weight excluding hydrogens is 300 g/mol. The van der Waals surface area contributed by atoms with E-state index >= 15 is 0 Å². The van der Waals surface area contributed by atoms with Crippen LogP contribution in [0.2, 0.25) is 0 Å². The van der Waals surface area contributed by atoms with Crippen LogP contribution in [0.25, 0.3) is 10.8 Å². The minimum Gasteiger partial charge on any atom is -0.351 e. The predicted molar refractivity (Wildman–Crippen MR) is 95.2 cm³/mol. The number of rotatable bonds is 5. The maximum atomic E-state index is 12.4. The summed E-state index contributed by atoms with van der Waals surface area (Å²) < 4.78 is 0. The number of amides is 2. The van der Waals surface area contributed by atoms with Gasteiger partial charge in [-0.3, -0.25) is 9.59 Å². The van der Waals surface area contributed by atoms with Gasteiger partial charge >= 0.3 is 0 Å². The monoisotopic (exact) mass is 320 g/mol. The molecule has 1 aliphatic carbocycles. The SMILES string of the molecule is C=CC(=O)N[C@H]1C=C[C@@H](C(=O)NCc2cccc3ccccc23)C1. The smallest absolute Gasteiger partial charge is 0.243 e. The molecule has 0 fully saturated rings. The van der Waals surface area contributed by atoms with Crippen LogP contribution < -0.4 is 10.6 Å². The highest BCUT2D eigenvalue weighted by molar-refractivity contribution is 5.88. The standard InChI is InChI=1S/C20H20N2O2/c1-2-19(23)22-17-11-10-15(12-17)20(24)21-13-16-8-5-7-14-6-3-4-9-18(14)16/h2-11,15,17H,1,12-13H2,(H,21,24)(H,22,23)/t15-,17+/m1/s1. The number of benzene rings is 2. The summed E-state index contributed by atoms with van der Waals surface area (Å²) in [6.07, 6.45) is 5.54. The van der Waals surface area contributed by atoms with Gasteiger partial charge in [-0.15, -0.1) is 0 Å². The minimum atomic E-state index is -0.221. The molecule has 2 aromatic rings. The zero-order valence-corrected chi connectivity index (χ0v) is 13.4. The van der Waals surface area contributed by atoms with Gasteiger partial charge in [-0.1, -0.05) is 61.2 Å². The van der Waals surface area contributed by atoms with Gasteiger partial charge in [0.2, 0.25) is 11.8 Å². The molecule has 0 unspecified atom stereocenters. The third-order valence-corrected chi connectivity index (χ3v) is 4.27. The first-order chi connectivity index (χ1) is 11.7. The average molecular weight is 320 g/mol. The molecule has 0 radical (unpaired) electrons. The summed E-state index contributed by atoms with van der Waals surface area (Å²) >= 11 is 0.